The molecule has 5 amide bonds. The van der Waals surface area contributed by atoms with E-state index in [1.165, 1.54) is 103 Å². The fraction of sp³-hybridized carbons (Fsp3) is 0.643. The van der Waals surface area contributed by atoms with Crippen LogP contribution in [0, 0.1) is 162 Å². The molecule has 2 aromatic heterocycles. The van der Waals surface area contributed by atoms with E-state index in [9.17, 15) is 50.7 Å². The molecule has 0 saturated heterocycles. The number of aromatic nitrogens is 2. The van der Waals surface area contributed by atoms with Crippen LogP contribution in [0.4, 0.5) is 43.8 Å². The summed E-state index contributed by atoms with van der Waals surface area (Å²) in [4.78, 5) is 87.6. The Morgan fingerprint density at radius 3 is 1.67 bits per heavy atom. The third-order valence-corrected chi connectivity index (χ3v) is 25.8. The standard InChI is InChI=1S/C13H17N.C13H24.C11H15Cl.C11H18N2O2.C11H22.C10H11F2NO.C9H14N2O2.C8H11F3N2.C8H11NO2.C7H12N2.C6H12N2.C5H9N3/c1-10(2)7-8-11-9-14-13-6-4-3-5-12(11)13;1-9(2)7-10-5-6-11-8-12(10)13(11,3)4;1-8(2)9(3)10-4-6-11(12)7-5-10;1-7(2)10(14)13(9-5-6-9)11(15)12-8-3-4-8;1-9(2)10(3)11-7-5-4-6-8-11;1-6(2)10(14)13-7-3-4-8(11)9(12)5-7;1-5(2)9(12)10-8-6(3)11-13-7(8)4;1-4-12-7(6(2)3)13-5-8(9,10)11;1-4(2)5-6(9-3)8(11)7(5)10;1-5-9-7(8-4)6(2)3;1-5(2)6-7-3-4-8-6;1-4(2)5(7)8-3-6/h3-6,9-10,14H,7-8H2,1-2H3;9-12H,5-8H2,1-4H3;4-9H,1-3H3;7-9H,3-6H2,1-2H3,(H,12,15);9-11H,4-8H2,1-3H3;3-6H,1-2H3,(H,13,14);5H,1-4H3,(H,10,12);1,6H,5H2,2-3H3,(H,12,13);4,9H,1-3H3;1,6H,2-4H3,(H,8,9);5H,3-4H2,1-2H3,(H,7,8);4H,1-2H3,(H2,7,8). The minimum atomic E-state index is -4.25. The number of carbonyl (C=O) groups is 4. The highest BCUT2D eigenvalue weighted by Gasteiger charge is 2.54. The van der Waals surface area contributed by atoms with Crippen LogP contribution in [-0.4, -0.2) is 114 Å². The number of rotatable bonds is 23. The van der Waals surface area contributed by atoms with Crippen molar-refractivity contribution in [2.45, 2.75) is 334 Å². The maximum absolute atomic E-state index is 12.7. The molecular weight excluding hydrogens is 1810 g/mol. The van der Waals surface area contributed by atoms with Gasteiger partial charge in [0.05, 0.1) is 18.1 Å². The molecule has 7 aliphatic rings. The largest absolute Gasteiger partial charge is 0.405 e. The molecule has 23 nitrogen and oxygen atoms in total. The number of benzene rings is 3. The number of amidine groups is 4. The maximum Gasteiger partial charge on any atom is 0.405 e. The number of para-hydroxylation sites is 1. The minimum absolute atomic E-state index is 0.0191. The van der Waals surface area contributed by atoms with Gasteiger partial charge in [0.2, 0.25) is 34.8 Å². The number of terminal acetylenes is 2. The van der Waals surface area contributed by atoms with E-state index >= 15 is 0 Å². The lowest BCUT2D eigenvalue weighted by molar-refractivity contribution is -0.132. The van der Waals surface area contributed by atoms with Gasteiger partial charge in [-0.05, 0) is 190 Å². The smallest absolute Gasteiger partial charge is 0.386 e. The van der Waals surface area contributed by atoms with Crippen molar-refractivity contribution in [3.63, 3.8) is 0 Å². The highest BCUT2D eigenvalue weighted by Crippen LogP contribution is 2.62. The third kappa shape index (κ3) is 49.0. The summed E-state index contributed by atoms with van der Waals surface area (Å²) in [7, 11) is 3.38. The van der Waals surface area contributed by atoms with Crippen LogP contribution < -0.4 is 53.8 Å². The number of nitrogens with one attached hydrogen (secondary N) is 8. The fourth-order valence-electron chi connectivity index (χ4n) is 15.7. The first-order chi connectivity index (χ1) is 65.9. The van der Waals surface area contributed by atoms with Gasteiger partial charge in [0.15, 0.2) is 17.4 Å². The molecule has 29 heteroatoms. The Hall–Kier alpha value is -10.4. The lowest BCUT2D eigenvalue weighted by atomic mass is 9.45. The molecule has 141 heavy (non-hydrogen) atoms. The molecule has 1 aliphatic heterocycles. The predicted molar refractivity (Wildman–Crippen MR) is 577 cm³/mol. The minimum Gasteiger partial charge on any atom is -0.386 e. The van der Waals surface area contributed by atoms with Gasteiger partial charge in [-0.25, -0.2) is 13.6 Å². The van der Waals surface area contributed by atoms with E-state index in [0.29, 0.717) is 69.4 Å². The van der Waals surface area contributed by atoms with E-state index in [2.05, 4.69) is 213 Å². The zero-order valence-corrected chi connectivity index (χ0v) is 91.9. The van der Waals surface area contributed by atoms with Gasteiger partial charge in [0, 0.05) is 126 Å². The second kappa shape index (κ2) is 65.7. The number of aromatic amines is 1. The molecule has 5 atom stereocenters. The molecule has 0 spiro atoms. The number of nitriles is 1. The first-order valence-electron chi connectivity index (χ1n) is 50.9. The number of aryl methyl sites for hydroxylation is 3. The normalized spacial score (nSPS) is 16.6. The van der Waals surface area contributed by atoms with Crippen molar-refractivity contribution in [1.82, 2.24) is 36.3 Å². The molecule has 6 aromatic rings. The van der Waals surface area contributed by atoms with Crippen molar-refractivity contribution in [2.75, 3.05) is 49.7 Å². The highest BCUT2D eigenvalue weighted by atomic mass is 35.5. The fourth-order valence-corrected chi connectivity index (χ4v) is 15.8. The average molecular weight is 1990 g/mol. The van der Waals surface area contributed by atoms with E-state index < -0.39 is 24.4 Å². The first-order valence-corrected chi connectivity index (χ1v) is 51.2. The van der Waals surface area contributed by atoms with Gasteiger partial charge in [-0.1, -0.05) is 286 Å². The number of amides is 5. The van der Waals surface area contributed by atoms with Crippen molar-refractivity contribution in [1.29, 1.82) is 5.26 Å². The van der Waals surface area contributed by atoms with Crippen LogP contribution in [-0.2, 0) is 20.8 Å². The van der Waals surface area contributed by atoms with Crippen LogP contribution >= 0.6 is 11.6 Å². The molecule has 6 fully saturated rings. The quantitative estimate of drug-likeness (QED) is 0.00548. The Labute approximate surface area is 848 Å². The molecular formula is C112H176ClF5N16O7. The van der Waals surface area contributed by atoms with Crippen molar-refractivity contribution in [3.8, 4) is 31.1 Å². The number of nitrogens with two attached hydrogens (primary N) is 1. The van der Waals surface area contributed by atoms with Crippen LogP contribution in [0.2, 0.25) is 5.02 Å². The van der Waals surface area contributed by atoms with Crippen LogP contribution in [0.5, 0.6) is 0 Å². The molecule has 13 rings (SSSR count). The Kier molecular flexibility index (Phi) is 59.9. The molecule has 6 saturated carbocycles. The summed E-state index contributed by atoms with van der Waals surface area (Å²) in [5.74, 6) is 10.9. The van der Waals surface area contributed by atoms with E-state index in [0.717, 1.165) is 109 Å². The topological polar surface area (TPSA) is 331 Å². The molecule has 5 unspecified atom stereocenters. The summed E-state index contributed by atoms with van der Waals surface area (Å²) in [5, 5.41) is 32.8. The summed E-state index contributed by atoms with van der Waals surface area (Å²) in [6.07, 6.45) is 29.4. The highest BCUT2D eigenvalue weighted by molar-refractivity contribution is 6.30. The van der Waals surface area contributed by atoms with Crippen molar-refractivity contribution in [3.05, 3.63) is 138 Å². The first kappa shape index (κ1) is 129. The molecule has 4 aromatic carbocycles. The number of carbonyl (C=O) groups excluding carboxylic acids is 4. The number of urea groups is 1. The summed E-state index contributed by atoms with van der Waals surface area (Å²) >= 11 is 5.80. The Balaban J connectivity index is 0.000000772. The number of hydrogen-bond donors (Lipinski definition) is 9. The Morgan fingerprint density at radius 2 is 1.28 bits per heavy atom. The lowest BCUT2D eigenvalue weighted by Crippen LogP contribution is -2.52. The number of anilines is 3. The molecule has 3 heterocycles. The van der Waals surface area contributed by atoms with E-state index in [-0.39, 0.29) is 87.7 Å². The zero-order chi connectivity index (χ0) is 108. The number of fused-ring (bicyclic) bond motifs is 3. The van der Waals surface area contributed by atoms with Gasteiger partial charge in [-0.3, -0.25) is 38.9 Å². The molecule has 0 radical (unpaired) electrons. The number of H-pyrrole nitrogens is 1. The number of alkyl halides is 3. The monoisotopic (exact) mass is 1990 g/mol. The second-order valence-electron chi connectivity index (χ2n) is 41.9. The van der Waals surface area contributed by atoms with Gasteiger partial charge >= 0.3 is 12.2 Å². The van der Waals surface area contributed by atoms with Crippen LogP contribution in [0.3, 0.4) is 0 Å². The van der Waals surface area contributed by atoms with E-state index in [1.54, 1.807) is 68.3 Å². The van der Waals surface area contributed by atoms with E-state index in [1.807, 2.05) is 87.4 Å². The maximum atomic E-state index is 12.7. The van der Waals surface area contributed by atoms with Gasteiger partial charge in [0.25, 0.3) is 0 Å². The molecule has 2 bridgehead atoms. The van der Waals surface area contributed by atoms with E-state index in [4.69, 9.17) is 40.0 Å². The number of hydrogen-bond acceptors (Lipinski definition) is 15. The van der Waals surface area contributed by atoms with Crippen LogP contribution in [0.15, 0.2) is 107 Å². The predicted octanol–water partition coefficient (Wildman–Crippen LogP) is 26.0. The average Bonchev–Trinajstić information content (AvgIpc) is 1.57. The third-order valence-electron chi connectivity index (χ3n) is 25.5. The SMILES string of the molecule is C#CN=C(NCC(F)(F)F)C(C)C.C#CNC(=NC)C(C)C.CC(C)C(=O)N(C(=O)NC1CC1)C1CC1.CC(C)C(=O)Nc1ccc(F)c(F)c1.CC(C)C(C)C1CCCCC1.CC(C)C(C)c1ccc(Cl)cc1.CC(C)C(N)=NC#N.CC(C)C1=NCCN1.CC(C)CC1CCC2CC1C2(C)C.CC(C)CCc1c[nH]c2ccccc12.CNc1c(C(C)C)c(=O)c1=O.Cc1noc(C)c1NC(=O)C(C)C. The van der Waals surface area contributed by atoms with Gasteiger partial charge in [-0.2, -0.15) is 28.4 Å². The summed E-state index contributed by atoms with van der Waals surface area (Å²) in [6.45, 7) is 62.8. The summed E-state index contributed by atoms with van der Waals surface area (Å²) in [6, 6.07) is 24.4. The van der Waals surface area contributed by atoms with Gasteiger partial charge in [-0.15, -0.1) is 0 Å². The molecule has 10 N–H and O–H groups in total. The van der Waals surface area contributed by atoms with Crippen molar-refractivity contribution < 1.29 is 45.7 Å². The lowest BCUT2D eigenvalue weighted by Gasteiger charge is -2.60. The molecule has 6 aliphatic carbocycles. The molecule has 788 valence electrons. The van der Waals surface area contributed by atoms with Crippen molar-refractivity contribution in [2.24, 2.45) is 126 Å². The second-order valence-corrected chi connectivity index (χ2v) is 42.3. The zero-order valence-electron chi connectivity index (χ0n) is 91.2. The number of halogens is 6. The summed E-state index contributed by atoms with van der Waals surface area (Å²) < 4.78 is 65.4. The van der Waals surface area contributed by atoms with Gasteiger partial charge in [0.1, 0.15) is 35.4 Å². The van der Waals surface area contributed by atoms with Crippen LogP contribution in [0.1, 0.15) is 324 Å². The van der Waals surface area contributed by atoms with Crippen molar-refractivity contribution >= 4 is 86.7 Å². The Bertz CT molecular complexity index is 4990. The van der Waals surface area contributed by atoms with Gasteiger partial charge < -0.3 is 52.5 Å². The van der Waals surface area contributed by atoms with Crippen LogP contribution in [0.25, 0.3) is 10.9 Å². The Morgan fingerprint density at radius 1 is 0.688 bits per heavy atom. The number of nitrogens with zero attached hydrogens (tertiary/aromatic N) is 7. The number of imide groups is 1. The summed E-state index contributed by atoms with van der Waals surface area (Å²) in [5.41, 5.74) is 12.1. The number of aliphatic imine (C=N–C) groups is 4.